The summed E-state index contributed by atoms with van der Waals surface area (Å²) in [4.78, 5) is 11.9. The second kappa shape index (κ2) is 7.23. The van der Waals surface area contributed by atoms with Crippen LogP contribution in [-0.4, -0.2) is 31.7 Å². The summed E-state index contributed by atoms with van der Waals surface area (Å²) in [6.45, 7) is 0.744. The maximum Gasteiger partial charge on any atom is 0.255 e. The van der Waals surface area contributed by atoms with Crippen molar-refractivity contribution in [1.82, 2.24) is 4.31 Å². The van der Waals surface area contributed by atoms with E-state index >= 15 is 0 Å². The third kappa shape index (κ3) is 3.91. The molecule has 1 N–H and O–H groups in total. The SMILES string of the molecule is O=C(Nc1ccc(Br)cc1)c1ccc(F)c(S(=O)(=O)N2CCCC2)c1. The van der Waals surface area contributed by atoms with Crippen molar-refractivity contribution in [2.75, 3.05) is 18.4 Å². The van der Waals surface area contributed by atoms with Gasteiger partial charge in [-0.05, 0) is 55.3 Å². The fourth-order valence-electron chi connectivity index (χ4n) is 2.65. The van der Waals surface area contributed by atoms with Crippen molar-refractivity contribution in [2.45, 2.75) is 17.7 Å². The standard InChI is InChI=1S/C17H16BrFN2O3S/c18-13-4-6-14(7-5-13)20-17(22)12-3-8-15(19)16(11-12)25(23,24)21-9-1-2-10-21/h3-8,11H,1-2,9-10H2,(H,20,22). The molecule has 0 atom stereocenters. The van der Waals surface area contributed by atoms with Crippen LogP contribution in [0.15, 0.2) is 51.8 Å². The smallest absolute Gasteiger partial charge is 0.255 e. The predicted octanol–water partition coefficient (Wildman–Crippen LogP) is 3.63. The van der Waals surface area contributed by atoms with Crippen molar-refractivity contribution in [3.05, 3.63) is 58.3 Å². The minimum Gasteiger partial charge on any atom is -0.322 e. The maximum absolute atomic E-state index is 14.1. The van der Waals surface area contributed by atoms with Gasteiger partial charge in [-0.15, -0.1) is 0 Å². The minimum atomic E-state index is -3.93. The molecule has 5 nitrogen and oxygen atoms in total. The lowest BCUT2D eigenvalue weighted by Gasteiger charge is -2.16. The number of hydrogen-bond donors (Lipinski definition) is 1. The van der Waals surface area contributed by atoms with Crippen LogP contribution in [0.1, 0.15) is 23.2 Å². The Bertz CT molecular complexity index is 895. The third-order valence-electron chi connectivity index (χ3n) is 3.98. The number of amides is 1. The first-order valence-corrected chi connectivity index (χ1v) is 9.98. The van der Waals surface area contributed by atoms with Gasteiger partial charge in [0.2, 0.25) is 10.0 Å². The summed E-state index contributed by atoms with van der Waals surface area (Å²) in [5, 5.41) is 2.66. The predicted molar refractivity (Wildman–Crippen MR) is 96.5 cm³/mol. The molecule has 0 spiro atoms. The fourth-order valence-corrected chi connectivity index (χ4v) is 4.52. The summed E-state index contributed by atoms with van der Waals surface area (Å²) in [6, 6.07) is 10.3. The van der Waals surface area contributed by atoms with E-state index < -0.39 is 26.6 Å². The molecule has 1 amide bonds. The molecular formula is C17H16BrFN2O3S. The molecule has 0 unspecified atom stereocenters. The van der Waals surface area contributed by atoms with Crippen LogP contribution in [0.4, 0.5) is 10.1 Å². The number of anilines is 1. The zero-order valence-electron chi connectivity index (χ0n) is 13.2. The highest BCUT2D eigenvalue weighted by molar-refractivity contribution is 9.10. The fraction of sp³-hybridized carbons (Fsp3) is 0.235. The molecular weight excluding hydrogens is 411 g/mol. The van der Waals surface area contributed by atoms with E-state index in [0.29, 0.717) is 18.8 Å². The first-order valence-electron chi connectivity index (χ1n) is 7.74. The maximum atomic E-state index is 14.1. The van der Waals surface area contributed by atoms with Crippen molar-refractivity contribution in [3.8, 4) is 0 Å². The first-order chi connectivity index (χ1) is 11.9. The van der Waals surface area contributed by atoms with Gasteiger partial charge in [0.1, 0.15) is 10.7 Å². The summed E-state index contributed by atoms with van der Waals surface area (Å²) in [5.74, 6) is -1.35. The van der Waals surface area contributed by atoms with Gasteiger partial charge in [0, 0.05) is 28.8 Å². The Labute approximate surface area is 154 Å². The normalized spacial score (nSPS) is 15.3. The van der Waals surface area contributed by atoms with Crippen molar-refractivity contribution >= 4 is 37.5 Å². The van der Waals surface area contributed by atoms with E-state index in [4.69, 9.17) is 0 Å². The molecule has 1 fully saturated rings. The quantitative estimate of drug-likeness (QED) is 0.811. The van der Waals surface area contributed by atoms with Crippen LogP contribution in [0.25, 0.3) is 0 Å². The second-order valence-electron chi connectivity index (χ2n) is 5.72. The van der Waals surface area contributed by atoms with Crippen molar-refractivity contribution in [3.63, 3.8) is 0 Å². The van der Waals surface area contributed by atoms with Gasteiger partial charge in [0.15, 0.2) is 0 Å². The number of halogens is 2. The number of carbonyl (C=O) groups excluding carboxylic acids is 1. The highest BCUT2D eigenvalue weighted by Gasteiger charge is 2.30. The Morgan fingerprint density at radius 3 is 2.36 bits per heavy atom. The molecule has 0 radical (unpaired) electrons. The number of hydrogen-bond acceptors (Lipinski definition) is 3. The van der Waals surface area contributed by atoms with Crippen LogP contribution in [0, 0.1) is 5.82 Å². The van der Waals surface area contributed by atoms with E-state index in [0.717, 1.165) is 29.4 Å². The van der Waals surface area contributed by atoms with Crippen LogP contribution in [-0.2, 0) is 10.0 Å². The summed E-state index contributed by atoms with van der Waals surface area (Å²) >= 11 is 3.30. The number of rotatable bonds is 4. The molecule has 25 heavy (non-hydrogen) atoms. The van der Waals surface area contributed by atoms with Crippen molar-refractivity contribution in [2.24, 2.45) is 0 Å². The summed E-state index contributed by atoms with van der Waals surface area (Å²) < 4.78 is 41.4. The average molecular weight is 427 g/mol. The zero-order chi connectivity index (χ0) is 18.0. The van der Waals surface area contributed by atoms with Gasteiger partial charge in [-0.25, -0.2) is 12.8 Å². The van der Waals surface area contributed by atoms with Gasteiger partial charge >= 0.3 is 0 Å². The van der Waals surface area contributed by atoms with E-state index in [1.807, 2.05) is 0 Å². The Balaban J connectivity index is 1.88. The number of nitrogens with one attached hydrogen (secondary N) is 1. The number of nitrogens with zero attached hydrogens (tertiary/aromatic N) is 1. The highest BCUT2D eigenvalue weighted by Crippen LogP contribution is 2.24. The van der Waals surface area contributed by atoms with Gasteiger partial charge in [0.05, 0.1) is 0 Å². The van der Waals surface area contributed by atoms with Gasteiger partial charge in [-0.2, -0.15) is 4.31 Å². The van der Waals surface area contributed by atoms with E-state index in [9.17, 15) is 17.6 Å². The van der Waals surface area contributed by atoms with Crippen LogP contribution in [0.2, 0.25) is 0 Å². The summed E-state index contributed by atoms with van der Waals surface area (Å²) in [5.41, 5.74) is 0.642. The van der Waals surface area contributed by atoms with Gasteiger partial charge < -0.3 is 5.32 Å². The van der Waals surface area contributed by atoms with Crippen LogP contribution in [0.5, 0.6) is 0 Å². The van der Waals surface area contributed by atoms with Crippen LogP contribution < -0.4 is 5.32 Å². The van der Waals surface area contributed by atoms with Crippen LogP contribution >= 0.6 is 15.9 Å². The third-order valence-corrected chi connectivity index (χ3v) is 6.42. The highest BCUT2D eigenvalue weighted by atomic mass is 79.9. The molecule has 132 valence electrons. The molecule has 2 aromatic rings. The van der Waals surface area contributed by atoms with E-state index in [-0.39, 0.29) is 5.56 Å². The van der Waals surface area contributed by atoms with Crippen molar-refractivity contribution in [1.29, 1.82) is 0 Å². The van der Waals surface area contributed by atoms with Crippen molar-refractivity contribution < 1.29 is 17.6 Å². The zero-order valence-corrected chi connectivity index (χ0v) is 15.6. The molecule has 1 saturated heterocycles. The molecule has 0 bridgehead atoms. The van der Waals surface area contributed by atoms with E-state index in [2.05, 4.69) is 21.2 Å². The van der Waals surface area contributed by atoms with Gasteiger partial charge in [-0.1, -0.05) is 15.9 Å². The monoisotopic (exact) mass is 426 g/mol. The first kappa shape index (κ1) is 18.0. The molecule has 8 heteroatoms. The Kier molecular flexibility index (Phi) is 5.21. The topological polar surface area (TPSA) is 66.5 Å². The van der Waals surface area contributed by atoms with E-state index in [1.165, 1.54) is 10.4 Å². The molecule has 0 aromatic heterocycles. The summed E-state index contributed by atoms with van der Waals surface area (Å²) in [7, 11) is -3.93. The molecule has 0 aliphatic carbocycles. The minimum absolute atomic E-state index is 0.0853. The Morgan fingerprint density at radius 2 is 1.72 bits per heavy atom. The largest absolute Gasteiger partial charge is 0.322 e. The molecule has 2 aromatic carbocycles. The molecule has 1 heterocycles. The lowest BCUT2D eigenvalue weighted by molar-refractivity contribution is 0.102. The Hall–Kier alpha value is -1.77. The number of sulfonamides is 1. The average Bonchev–Trinajstić information content (AvgIpc) is 3.12. The lowest BCUT2D eigenvalue weighted by Crippen LogP contribution is -2.29. The lowest BCUT2D eigenvalue weighted by atomic mass is 10.2. The van der Waals surface area contributed by atoms with Gasteiger partial charge in [0.25, 0.3) is 5.91 Å². The Morgan fingerprint density at radius 1 is 1.08 bits per heavy atom. The van der Waals surface area contributed by atoms with Gasteiger partial charge in [-0.3, -0.25) is 4.79 Å². The number of benzene rings is 2. The number of carbonyl (C=O) groups is 1. The molecule has 0 saturated carbocycles. The second-order valence-corrected chi connectivity index (χ2v) is 8.54. The molecule has 1 aliphatic rings. The summed E-state index contributed by atoms with van der Waals surface area (Å²) in [6.07, 6.45) is 1.51. The molecule has 1 aliphatic heterocycles. The van der Waals surface area contributed by atoms with Crippen LogP contribution in [0.3, 0.4) is 0 Å². The molecule has 3 rings (SSSR count). The van der Waals surface area contributed by atoms with E-state index in [1.54, 1.807) is 24.3 Å².